The van der Waals surface area contributed by atoms with E-state index in [0.29, 0.717) is 6.04 Å². The zero-order valence-electron chi connectivity index (χ0n) is 11.7. The lowest BCUT2D eigenvalue weighted by Crippen LogP contribution is -2.32. The second kappa shape index (κ2) is 6.21. The third kappa shape index (κ3) is 3.16. The maximum atomic E-state index is 3.74. The molecule has 0 spiro atoms. The largest absolute Gasteiger partial charge is 0.310 e. The molecular weight excluding hydrogens is 286 g/mol. The Balaban J connectivity index is 1.90. The summed E-state index contributed by atoms with van der Waals surface area (Å²) in [7, 11) is 0. The lowest BCUT2D eigenvalue weighted by Gasteiger charge is -2.21. The monoisotopic (exact) mass is 309 g/mol. The summed E-state index contributed by atoms with van der Waals surface area (Å²) in [5, 5.41) is 3.74. The van der Waals surface area contributed by atoms with Crippen molar-refractivity contribution in [3.05, 3.63) is 33.8 Å². The van der Waals surface area contributed by atoms with Gasteiger partial charge in [-0.1, -0.05) is 48.3 Å². The molecule has 1 fully saturated rings. The van der Waals surface area contributed by atoms with Gasteiger partial charge in [0, 0.05) is 17.1 Å². The van der Waals surface area contributed by atoms with Gasteiger partial charge in [0.05, 0.1) is 0 Å². The smallest absolute Gasteiger partial charge is 0.0208 e. The minimum atomic E-state index is 0.704. The number of nitrogens with one attached hydrogen (secondary N) is 1. The number of benzene rings is 1. The Morgan fingerprint density at radius 2 is 2.11 bits per heavy atom. The number of hydrogen-bond acceptors (Lipinski definition) is 1. The highest BCUT2D eigenvalue weighted by atomic mass is 79.9. The van der Waals surface area contributed by atoms with Gasteiger partial charge in [0.2, 0.25) is 0 Å². The Labute approximate surface area is 119 Å². The van der Waals surface area contributed by atoms with Crippen molar-refractivity contribution in [1.29, 1.82) is 0 Å². The lowest BCUT2D eigenvalue weighted by molar-refractivity contribution is 0.344. The Bertz CT molecular complexity index is 402. The summed E-state index contributed by atoms with van der Waals surface area (Å²) in [5.74, 6) is 1.75. The van der Waals surface area contributed by atoms with Gasteiger partial charge in [-0.2, -0.15) is 0 Å². The molecule has 0 radical (unpaired) electrons. The van der Waals surface area contributed by atoms with Crippen LogP contribution in [-0.2, 0) is 6.54 Å². The summed E-state index contributed by atoms with van der Waals surface area (Å²) in [6, 6.07) is 7.35. The summed E-state index contributed by atoms with van der Waals surface area (Å²) < 4.78 is 1.22. The van der Waals surface area contributed by atoms with Gasteiger partial charge in [0.25, 0.3) is 0 Å². The van der Waals surface area contributed by atoms with Gasteiger partial charge in [-0.15, -0.1) is 0 Å². The van der Waals surface area contributed by atoms with Crippen LogP contribution in [0.25, 0.3) is 0 Å². The Kier molecular flexibility index (Phi) is 4.85. The van der Waals surface area contributed by atoms with Crippen LogP contribution in [0.3, 0.4) is 0 Å². The van der Waals surface area contributed by atoms with Gasteiger partial charge < -0.3 is 5.32 Å². The van der Waals surface area contributed by atoms with E-state index >= 15 is 0 Å². The van der Waals surface area contributed by atoms with E-state index in [-0.39, 0.29) is 0 Å². The van der Waals surface area contributed by atoms with E-state index < -0.39 is 0 Å². The molecule has 1 N–H and O–H groups in total. The Hall–Kier alpha value is -0.340. The molecule has 1 aromatic carbocycles. The molecule has 1 aliphatic rings. The molecule has 3 atom stereocenters. The van der Waals surface area contributed by atoms with E-state index in [4.69, 9.17) is 0 Å². The van der Waals surface area contributed by atoms with Crippen molar-refractivity contribution >= 4 is 15.9 Å². The van der Waals surface area contributed by atoms with Crippen molar-refractivity contribution in [2.24, 2.45) is 11.8 Å². The van der Waals surface area contributed by atoms with Crippen molar-refractivity contribution in [3.63, 3.8) is 0 Å². The predicted octanol–water partition coefficient (Wildman–Crippen LogP) is 4.67. The molecule has 2 heteroatoms. The molecule has 0 aromatic heterocycles. The van der Waals surface area contributed by atoms with Crippen LogP contribution in [0.2, 0.25) is 0 Å². The van der Waals surface area contributed by atoms with Gasteiger partial charge in [0.15, 0.2) is 0 Å². The first-order chi connectivity index (χ1) is 8.61. The van der Waals surface area contributed by atoms with Crippen LogP contribution in [0.4, 0.5) is 0 Å². The van der Waals surface area contributed by atoms with Crippen molar-refractivity contribution in [3.8, 4) is 0 Å². The summed E-state index contributed by atoms with van der Waals surface area (Å²) in [4.78, 5) is 0. The van der Waals surface area contributed by atoms with Crippen molar-refractivity contribution in [2.75, 3.05) is 0 Å². The number of rotatable bonds is 4. The lowest BCUT2D eigenvalue weighted by atomic mass is 9.93. The molecular formula is C16H24BrN. The fourth-order valence-corrected chi connectivity index (χ4v) is 3.53. The molecule has 0 bridgehead atoms. The van der Waals surface area contributed by atoms with Gasteiger partial charge >= 0.3 is 0 Å². The van der Waals surface area contributed by atoms with Crippen molar-refractivity contribution in [1.82, 2.24) is 5.32 Å². The first-order valence-corrected chi connectivity index (χ1v) is 7.89. The van der Waals surface area contributed by atoms with E-state index in [1.165, 1.54) is 34.9 Å². The Morgan fingerprint density at radius 3 is 2.72 bits per heavy atom. The van der Waals surface area contributed by atoms with E-state index in [1.807, 2.05) is 0 Å². The normalized spacial score (nSPS) is 27.7. The Morgan fingerprint density at radius 1 is 1.33 bits per heavy atom. The van der Waals surface area contributed by atoms with E-state index in [1.54, 1.807) is 0 Å². The standard InChI is InChI=1S/C16H24BrN/c1-4-14-7-8-16(12(14)3)18-10-13-6-5-11(2)15(17)9-13/h5-6,9,12,14,16,18H,4,7-8,10H2,1-3H3. The zero-order chi connectivity index (χ0) is 13.1. The molecule has 0 heterocycles. The third-order valence-electron chi connectivity index (χ3n) is 4.56. The molecule has 1 aliphatic carbocycles. The SMILES string of the molecule is CCC1CCC(NCc2ccc(C)c(Br)c2)C1C. The molecule has 18 heavy (non-hydrogen) atoms. The second-order valence-electron chi connectivity index (χ2n) is 5.68. The molecule has 3 unspecified atom stereocenters. The molecule has 2 rings (SSSR count). The van der Waals surface area contributed by atoms with Crippen LogP contribution < -0.4 is 5.32 Å². The quantitative estimate of drug-likeness (QED) is 0.852. The molecule has 1 nitrogen and oxygen atoms in total. The van der Waals surface area contributed by atoms with Crippen LogP contribution >= 0.6 is 15.9 Å². The zero-order valence-corrected chi connectivity index (χ0v) is 13.3. The molecule has 0 saturated heterocycles. The summed E-state index contributed by atoms with van der Waals surface area (Å²) >= 11 is 3.60. The third-order valence-corrected chi connectivity index (χ3v) is 5.41. The number of halogens is 1. The predicted molar refractivity (Wildman–Crippen MR) is 81.7 cm³/mol. The van der Waals surface area contributed by atoms with Crippen LogP contribution in [0, 0.1) is 18.8 Å². The minimum absolute atomic E-state index is 0.704. The highest BCUT2D eigenvalue weighted by Gasteiger charge is 2.30. The number of aryl methyl sites for hydroxylation is 1. The average molecular weight is 310 g/mol. The van der Waals surface area contributed by atoms with Gasteiger partial charge in [-0.3, -0.25) is 0 Å². The number of hydrogen-bond donors (Lipinski definition) is 1. The molecule has 0 amide bonds. The maximum absolute atomic E-state index is 3.74. The first kappa shape index (κ1) is 14.1. The van der Waals surface area contributed by atoms with Crippen LogP contribution in [0.1, 0.15) is 44.2 Å². The summed E-state index contributed by atoms with van der Waals surface area (Å²) in [6.07, 6.45) is 4.06. The molecule has 1 aromatic rings. The summed E-state index contributed by atoms with van der Waals surface area (Å²) in [5.41, 5.74) is 2.68. The van der Waals surface area contributed by atoms with Crippen molar-refractivity contribution < 1.29 is 0 Å². The van der Waals surface area contributed by atoms with Crippen LogP contribution in [-0.4, -0.2) is 6.04 Å². The van der Waals surface area contributed by atoms with Gasteiger partial charge in [0.1, 0.15) is 0 Å². The van der Waals surface area contributed by atoms with E-state index in [9.17, 15) is 0 Å². The van der Waals surface area contributed by atoms with Gasteiger partial charge in [-0.25, -0.2) is 0 Å². The molecule has 100 valence electrons. The topological polar surface area (TPSA) is 12.0 Å². The second-order valence-corrected chi connectivity index (χ2v) is 6.53. The van der Waals surface area contributed by atoms with E-state index in [0.717, 1.165) is 18.4 Å². The molecule has 1 saturated carbocycles. The highest BCUT2D eigenvalue weighted by Crippen LogP contribution is 2.34. The van der Waals surface area contributed by atoms with Crippen LogP contribution in [0.5, 0.6) is 0 Å². The maximum Gasteiger partial charge on any atom is 0.0208 e. The minimum Gasteiger partial charge on any atom is -0.310 e. The first-order valence-electron chi connectivity index (χ1n) is 7.10. The highest BCUT2D eigenvalue weighted by molar-refractivity contribution is 9.10. The average Bonchev–Trinajstić information content (AvgIpc) is 2.72. The van der Waals surface area contributed by atoms with Crippen molar-refractivity contribution in [2.45, 2.75) is 52.6 Å². The fourth-order valence-electron chi connectivity index (χ4n) is 3.11. The fraction of sp³-hybridized carbons (Fsp3) is 0.625. The van der Waals surface area contributed by atoms with Gasteiger partial charge in [-0.05, 0) is 48.8 Å². The van der Waals surface area contributed by atoms with E-state index in [2.05, 4.69) is 60.2 Å². The summed E-state index contributed by atoms with van der Waals surface area (Å²) in [6.45, 7) is 7.85. The van der Waals surface area contributed by atoms with Crippen LogP contribution in [0.15, 0.2) is 22.7 Å². The molecule has 0 aliphatic heterocycles.